The monoisotopic (exact) mass is 495 g/mol. The first-order valence-electron chi connectivity index (χ1n) is 11.9. The van der Waals surface area contributed by atoms with Crippen molar-refractivity contribution in [3.8, 4) is 5.75 Å². The van der Waals surface area contributed by atoms with Crippen molar-refractivity contribution < 1.29 is 13.2 Å². The molecular weight excluding hydrogens is 462 g/mol. The number of hydrogen-bond acceptors (Lipinski definition) is 8. The Morgan fingerprint density at radius 3 is 2.26 bits per heavy atom. The number of ether oxygens (including phenoxy) is 1. The summed E-state index contributed by atoms with van der Waals surface area (Å²) < 4.78 is 29.7. The van der Waals surface area contributed by atoms with Crippen molar-refractivity contribution in [3.63, 3.8) is 0 Å². The number of aromatic nitrogens is 3. The Labute approximate surface area is 207 Å². The van der Waals surface area contributed by atoms with Crippen molar-refractivity contribution in [1.29, 1.82) is 0 Å². The molecule has 2 aromatic heterocycles. The number of aryl methyl sites for hydroxylation is 2. The van der Waals surface area contributed by atoms with E-state index in [1.165, 1.54) is 6.26 Å². The number of rotatable bonds is 8. The quantitative estimate of drug-likeness (QED) is 0.466. The van der Waals surface area contributed by atoms with E-state index in [4.69, 9.17) is 4.74 Å². The molecule has 4 rings (SSSR count). The molecule has 3 heterocycles. The molecule has 8 nitrogen and oxygen atoms in total. The highest BCUT2D eigenvalue weighted by molar-refractivity contribution is 7.90. The van der Waals surface area contributed by atoms with Crippen molar-refractivity contribution in [2.75, 3.05) is 36.2 Å². The summed E-state index contributed by atoms with van der Waals surface area (Å²) >= 11 is 0. The predicted octanol–water partition coefficient (Wildman–Crippen LogP) is 3.83. The predicted molar refractivity (Wildman–Crippen MR) is 138 cm³/mol. The second kappa shape index (κ2) is 10.6. The minimum Gasteiger partial charge on any atom is -0.490 e. The molecule has 1 aliphatic heterocycles. The van der Waals surface area contributed by atoms with Crippen LogP contribution in [0.25, 0.3) is 0 Å². The van der Waals surface area contributed by atoms with Crippen LogP contribution >= 0.6 is 0 Å². The van der Waals surface area contributed by atoms with E-state index in [-0.39, 0.29) is 11.1 Å². The Morgan fingerprint density at radius 1 is 1.03 bits per heavy atom. The molecule has 1 fully saturated rings. The van der Waals surface area contributed by atoms with Gasteiger partial charge in [-0.3, -0.25) is 0 Å². The molecule has 0 unspecified atom stereocenters. The maximum Gasteiger partial charge on any atom is 0.225 e. The smallest absolute Gasteiger partial charge is 0.225 e. The van der Waals surface area contributed by atoms with Crippen molar-refractivity contribution in [2.45, 2.75) is 50.8 Å². The first-order chi connectivity index (χ1) is 16.7. The van der Waals surface area contributed by atoms with Crippen LogP contribution in [0.5, 0.6) is 5.75 Å². The lowest BCUT2D eigenvalue weighted by Gasteiger charge is -2.32. The van der Waals surface area contributed by atoms with Crippen LogP contribution in [-0.4, -0.2) is 55.9 Å². The van der Waals surface area contributed by atoms with Crippen LogP contribution in [0.1, 0.15) is 36.6 Å². The summed E-state index contributed by atoms with van der Waals surface area (Å²) in [5, 5.41) is 0.0985. The van der Waals surface area contributed by atoms with Gasteiger partial charge in [0.05, 0.1) is 11.4 Å². The van der Waals surface area contributed by atoms with Crippen molar-refractivity contribution in [2.24, 2.45) is 0 Å². The average Bonchev–Trinajstić information content (AvgIpc) is 2.85. The number of pyridine rings is 1. The lowest BCUT2D eigenvalue weighted by Crippen LogP contribution is -2.39. The topological polar surface area (TPSA) is 88.5 Å². The highest BCUT2D eigenvalue weighted by Crippen LogP contribution is 2.24. The van der Waals surface area contributed by atoms with E-state index in [2.05, 4.69) is 43.8 Å². The van der Waals surface area contributed by atoms with Gasteiger partial charge in [0, 0.05) is 58.2 Å². The van der Waals surface area contributed by atoms with E-state index in [9.17, 15) is 8.42 Å². The largest absolute Gasteiger partial charge is 0.490 e. The van der Waals surface area contributed by atoms with Gasteiger partial charge < -0.3 is 14.5 Å². The highest BCUT2D eigenvalue weighted by Gasteiger charge is 2.22. The second-order valence-corrected chi connectivity index (χ2v) is 11.0. The van der Waals surface area contributed by atoms with Gasteiger partial charge >= 0.3 is 0 Å². The minimum absolute atomic E-state index is 0.0985. The number of anilines is 2. The third-order valence-electron chi connectivity index (χ3n) is 6.29. The highest BCUT2D eigenvalue weighted by atomic mass is 32.2. The van der Waals surface area contributed by atoms with Crippen LogP contribution < -0.4 is 14.5 Å². The fourth-order valence-corrected chi connectivity index (χ4v) is 4.85. The fraction of sp³-hybridized carbons (Fsp3) is 0.423. The van der Waals surface area contributed by atoms with E-state index in [0.29, 0.717) is 12.2 Å². The molecule has 0 N–H and O–H groups in total. The number of piperidine rings is 1. The zero-order valence-electron chi connectivity index (χ0n) is 20.8. The number of hydrogen-bond donors (Lipinski definition) is 0. The van der Waals surface area contributed by atoms with Gasteiger partial charge in [-0.25, -0.2) is 23.4 Å². The van der Waals surface area contributed by atoms with Gasteiger partial charge in [-0.05, 0) is 48.7 Å². The summed E-state index contributed by atoms with van der Waals surface area (Å²) in [6.07, 6.45) is 7.97. The van der Waals surface area contributed by atoms with Crippen LogP contribution in [-0.2, 0) is 22.8 Å². The van der Waals surface area contributed by atoms with Crippen LogP contribution in [0.4, 0.5) is 11.6 Å². The van der Waals surface area contributed by atoms with Crippen molar-refractivity contribution in [3.05, 3.63) is 65.6 Å². The summed E-state index contributed by atoms with van der Waals surface area (Å²) in [6, 6.07) is 11.5. The van der Waals surface area contributed by atoms with E-state index in [1.807, 2.05) is 44.6 Å². The fourth-order valence-electron chi connectivity index (χ4n) is 4.23. The van der Waals surface area contributed by atoms with E-state index in [0.717, 1.165) is 60.9 Å². The van der Waals surface area contributed by atoms with Gasteiger partial charge in [0.15, 0.2) is 14.9 Å². The number of benzene rings is 1. The number of nitrogens with zero attached hydrogens (tertiary/aromatic N) is 5. The van der Waals surface area contributed by atoms with Crippen LogP contribution in [0, 0.1) is 6.92 Å². The maximum atomic E-state index is 11.7. The summed E-state index contributed by atoms with van der Waals surface area (Å²) in [6.45, 7) is 6.37. The molecule has 3 aromatic rings. The molecule has 9 heteroatoms. The van der Waals surface area contributed by atoms with Crippen molar-refractivity contribution in [1.82, 2.24) is 15.0 Å². The first-order valence-corrected chi connectivity index (χ1v) is 13.8. The van der Waals surface area contributed by atoms with Gasteiger partial charge in [0.25, 0.3) is 0 Å². The van der Waals surface area contributed by atoms with Crippen molar-refractivity contribution >= 4 is 21.5 Å². The molecule has 1 aromatic carbocycles. The molecule has 0 bridgehead atoms. The average molecular weight is 496 g/mol. The Morgan fingerprint density at radius 2 is 1.69 bits per heavy atom. The lowest BCUT2D eigenvalue weighted by atomic mass is 10.1. The normalized spacial score (nSPS) is 14.7. The Balaban J connectivity index is 1.30. The second-order valence-electron chi connectivity index (χ2n) is 9.08. The molecule has 0 radical (unpaired) electrons. The lowest BCUT2D eigenvalue weighted by molar-refractivity contribution is 0.170. The van der Waals surface area contributed by atoms with Gasteiger partial charge in [-0.1, -0.05) is 19.1 Å². The molecule has 35 heavy (non-hydrogen) atoms. The molecule has 0 spiro atoms. The third-order valence-corrected chi connectivity index (χ3v) is 7.28. The Hall–Kier alpha value is -3.20. The van der Waals surface area contributed by atoms with Gasteiger partial charge in [0.2, 0.25) is 5.95 Å². The molecular formula is C26H33N5O3S. The SMILES string of the molecule is CCc1cnc(N2CCC(Oc3ccc(CN(C)c4ccc(S(C)(=O)=O)nc4C)cc3)CC2)nc1. The zero-order chi connectivity index (χ0) is 25.0. The molecule has 0 atom stereocenters. The van der Waals surface area contributed by atoms with E-state index >= 15 is 0 Å². The van der Waals surface area contributed by atoms with Gasteiger partial charge in [-0.2, -0.15) is 0 Å². The van der Waals surface area contributed by atoms with Crippen LogP contribution in [0.2, 0.25) is 0 Å². The maximum absolute atomic E-state index is 11.7. The zero-order valence-corrected chi connectivity index (χ0v) is 21.6. The minimum atomic E-state index is -3.32. The molecule has 1 aliphatic rings. The van der Waals surface area contributed by atoms with E-state index < -0.39 is 9.84 Å². The molecule has 0 amide bonds. The van der Waals surface area contributed by atoms with Crippen LogP contribution in [0.3, 0.4) is 0 Å². The molecule has 186 valence electrons. The van der Waals surface area contributed by atoms with Crippen LogP contribution in [0.15, 0.2) is 53.8 Å². The molecule has 1 saturated heterocycles. The summed E-state index contributed by atoms with van der Waals surface area (Å²) in [7, 11) is -1.34. The molecule has 0 aliphatic carbocycles. The Bertz CT molecular complexity index is 1240. The van der Waals surface area contributed by atoms with E-state index in [1.54, 1.807) is 6.07 Å². The third kappa shape index (κ3) is 6.28. The Kier molecular flexibility index (Phi) is 7.54. The summed E-state index contributed by atoms with van der Waals surface area (Å²) in [5.41, 5.74) is 3.87. The van der Waals surface area contributed by atoms with Gasteiger partial charge in [0.1, 0.15) is 11.9 Å². The van der Waals surface area contributed by atoms with Gasteiger partial charge in [-0.15, -0.1) is 0 Å². The summed E-state index contributed by atoms with van der Waals surface area (Å²) in [5.74, 6) is 1.67. The number of sulfone groups is 1. The standard InChI is InChI=1S/C26H33N5O3S/c1-5-20-16-27-26(28-17-20)31-14-12-23(13-15-31)34-22-8-6-21(7-9-22)18-30(3)24-10-11-25(29-19(24)2)35(4,32)33/h6-11,16-17,23H,5,12-15,18H2,1-4H3. The summed E-state index contributed by atoms with van der Waals surface area (Å²) in [4.78, 5) is 17.5. The first kappa shape index (κ1) is 24.9. The molecule has 0 saturated carbocycles.